The third kappa shape index (κ3) is 6.14. The number of amides is 2. The number of nitrogens with one attached hydrogen (secondary N) is 2. The molecule has 0 bridgehead atoms. The van der Waals surface area contributed by atoms with Crippen LogP contribution in [0.5, 0.6) is 11.5 Å². The van der Waals surface area contributed by atoms with Gasteiger partial charge >= 0.3 is 12.6 Å². The molecule has 2 amide bonds. The summed E-state index contributed by atoms with van der Waals surface area (Å²) >= 11 is 0. The number of hydrogen-bond donors (Lipinski definition) is 2. The van der Waals surface area contributed by atoms with Crippen LogP contribution in [-0.4, -0.2) is 37.1 Å². The topological polar surface area (TPSA) is 103 Å². The second kappa shape index (κ2) is 9.88. The van der Waals surface area contributed by atoms with Gasteiger partial charge in [0.25, 0.3) is 5.91 Å². The maximum Gasteiger partial charge on any atom is 0.387 e. The highest BCUT2D eigenvalue weighted by Gasteiger charge is 2.21. The zero-order valence-corrected chi connectivity index (χ0v) is 16.5. The molecule has 1 unspecified atom stereocenters. The van der Waals surface area contributed by atoms with Crippen LogP contribution in [0.4, 0.5) is 20.2 Å². The third-order valence-corrected chi connectivity index (χ3v) is 4.37. The summed E-state index contributed by atoms with van der Waals surface area (Å²) in [5, 5.41) is 5.13. The standard InChI is InChI=1S/C21H20F2N2O6/c1-12(20(28)25-16-4-2-3-5-17(16)31-21(22)23)30-19(27)11-29-14-7-8-15-13(10-14)6-9-18(26)24-15/h2-5,7-8,10,12,21H,6,9,11H2,1H3,(H,24,26)(H,25,28). The molecule has 1 aliphatic rings. The lowest BCUT2D eigenvalue weighted by molar-refractivity contribution is -0.155. The van der Waals surface area contributed by atoms with E-state index in [9.17, 15) is 23.2 Å². The van der Waals surface area contributed by atoms with E-state index in [4.69, 9.17) is 9.47 Å². The van der Waals surface area contributed by atoms with Gasteiger partial charge in [0.15, 0.2) is 12.7 Å². The smallest absolute Gasteiger partial charge is 0.387 e. The van der Waals surface area contributed by atoms with Gasteiger partial charge in [0.1, 0.15) is 11.5 Å². The number of carbonyl (C=O) groups is 3. The molecule has 8 nitrogen and oxygen atoms in total. The maximum absolute atomic E-state index is 12.5. The van der Waals surface area contributed by atoms with Gasteiger partial charge in [-0.05, 0) is 49.2 Å². The van der Waals surface area contributed by atoms with Crippen molar-refractivity contribution >= 4 is 29.2 Å². The van der Waals surface area contributed by atoms with E-state index in [2.05, 4.69) is 15.4 Å². The molecule has 1 heterocycles. The first-order valence-electron chi connectivity index (χ1n) is 9.41. The van der Waals surface area contributed by atoms with Gasteiger partial charge in [0, 0.05) is 12.1 Å². The normalized spacial score (nSPS) is 13.6. The minimum Gasteiger partial charge on any atom is -0.482 e. The molecule has 2 aromatic carbocycles. The highest BCUT2D eigenvalue weighted by molar-refractivity contribution is 5.96. The van der Waals surface area contributed by atoms with E-state index in [1.54, 1.807) is 18.2 Å². The molecule has 0 saturated heterocycles. The van der Waals surface area contributed by atoms with E-state index < -0.39 is 31.2 Å². The number of esters is 1. The van der Waals surface area contributed by atoms with Crippen LogP contribution in [0.15, 0.2) is 42.5 Å². The molecular formula is C21H20F2N2O6. The molecule has 0 aliphatic carbocycles. The number of rotatable bonds is 8. The Morgan fingerprint density at radius 3 is 2.71 bits per heavy atom. The molecular weight excluding hydrogens is 414 g/mol. The van der Waals surface area contributed by atoms with Gasteiger partial charge in [-0.1, -0.05) is 12.1 Å². The second-order valence-electron chi connectivity index (χ2n) is 6.65. The predicted molar refractivity (Wildman–Crippen MR) is 106 cm³/mol. The quantitative estimate of drug-likeness (QED) is 0.619. The summed E-state index contributed by atoms with van der Waals surface area (Å²) in [6, 6.07) is 10.7. The number of ether oxygens (including phenoxy) is 3. The van der Waals surface area contributed by atoms with Gasteiger partial charge in [-0.2, -0.15) is 8.78 Å². The van der Waals surface area contributed by atoms with E-state index in [-0.39, 0.29) is 17.3 Å². The number of benzene rings is 2. The van der Waals surface area contributed by atoms with E-state index >= 15 is 0 Å². The Morgan fingerprint density at radius 1 is 1.16 bits per heavy atom. The van der Waals surface area contributed by atoms with Crippen LogP contribution in [0.25, 0.3) is 0 Å². The lowest BCUT2D eigenvalue weighted by atomic mass is 10.0. The van der Waals surface area contributed by atoms with Crippen LogP contribution in [0.2, 0.25) is 0 Å². The van der Waals surface area contributed by atoms with Crippen LogP contribution in [0.3, 0.4) is 0 Å². The molecule has 0 spiro atoms. The molecule has 10 heteroatoms. The molecule has 0 fully saturated rings. The minimum absolute atomic E-state index is 0.0214. The van der Waals surface area contributed by atoms with Crippen molar-refractivity contribution < 1.29 is 37.4 Å². The highest BCUT2D eigenvalue weighted by atomic mass is 19.3. The zero-order chi connectivity index (χ0) is 22.4. The van der Waals surface area contributed by atoms with Crippen molar-refractivity contribution in [1.82, 2.24) is 0 Å². The largest absolute Gasteiger partial charge is 0.482 e. The van der Waals surface area contributed by atoms with E-state index in [0.29, 0.717) is 24.3 Å². The summed E-state index contributed by atoms with van der Waals surface area (Å²) < 4.78 is 39.7. The van der Waals surface area contributed by atoms with Crippen molar-refractivity contribution in [3.63, 3.8) is 0 Å². The molecule has 0 saturated carbocycles. The van der Waals surface area contributed by atoms with Gasteiger partial charge in [-0.3, -0.25) is 9.59 Å². The number of carbonyl (C=O) groups excluding carboxylic acids is 3. The summed E-state index contributed by atoms with van der Waals surface area (Å²) in [5.41, 5.74) is 1.61. The van der Waals surface area contributed by atoms with Crippen LogP contribution < -0.4 is 20.1 Å². The average Bonchev–Trinajstić information content (AvgIpc) is 2.73. The van der Waals surface area contributed by atoms with Crippen molar-refractivity contribution in [2.45, 2.75) is 32.5 Å². The van der Waals surface area contributed by atoms with Crippen LogP contribution >= 0.6 is 0 Å². The number of fused-ring (bicyclic) bond motifs is 1. The summed E-state index contributed by atoms with van der Waals surface area (Å²) in [6.07, 6.45) is -0.262. The molecule has 0 aromatic heterocycles. The molecule has 2 aromatic rings. The van der Waals surface area contributed by atoms with E-state index in [1.807, 2.05) is 0 Å². The first kappa shape index (κ1) is 22.0. The lowest BCUT2D eigenvalue weighted by Gasteiger charge is -2.18. The fraction of sp³-hybridized carbons (Fsp3) is 0.286. The monoisotopic (exact) mass is 434 g/mol. The first-order valence-corrected chi connectivity index (χ1v) is 9.41. The SMILES string of the molecule is CC(OC(=O)COc1ccc2c(c1)CCC(=O)N2)C(=O)Nc1ccccc1OC(F)F. The summed E-state index contributed by atoms with van der Waals surface area (Å²) in [6.45, 7) is -2.15. The Morgan fingerprint density at radius 2 is 1.94 bits per heavy atom. The Bertz CT molecular complexity index is 982. The molecule has 164 valence electrons. The fourth-order valence-electron chi connectivity index (χ4n) is 2.88. The van der Waals surface area contributed by atoms with Crippen molar-refractivity contribution in [1.29, 1.82) is 0 Å². The van der Waals surface area contributed by atoms with Crippen LogP contribution in [0.1, 0.15) is 18.9 Å². The van der Waals surface area contributed by atoms with Crippen molar-refractivity contribution in [2.24, 2.45) is 0 Å². The van der Waals surface area contributed by atoms with E-state index in [1.165, 1.54) is 31.2 Å². The lowest BCUT2D eigenvalue weighted by Crippen LogP contribution is -2.31. The highest BCUT2D eigenvalue weighted by Crippen LogP contribution is 2.27. The summed E-state index contributed by atoms with van der Waals surface area (Å²) in [4.78, 5) is 35.6. The van der Waals surface area contributed by atoms with E-state index in [0.717, 1.165) is 5.56 Å². The Balaban J connectivity index is 1.50. The average molecular weight is 434 g/mol. The predicted octanol–water partition coefficient (Wildman–Crippen LogP) is 3.12. The molecule has 2 N–H and O–H groups in total. The Kier molecular flexibility index (Phi) is 7.01. The van der Waals surface area contributed by atoms with Crippen molar-refractivity contribution in [3.8, 4) is 11.5 Å². The summed E-state index contributed by atoms with van der Waals surface area (Å²) in [5.74, 6) is -1.35. The van der Waals surface area contributed by atoms with Gasteiger partial charge < -0.3 is 24.8 Å². The van der Waals surface area contributed by atoms with Gasteiger partial charge in [0.05, 0.1) is 5.69 Å². The van der Waals surface area contributed by atoms with Gasteiger partial charge in [0.2, 0.25) is 5.91 Å². The Labute approximate surface area is 176 Å². The molecule has 31 heavy (non-hydrogen) atoms. The number of halogens is 2. The van der Waals surface area contributed by atoms with Crippen LogP contribution in [-0.2, 0) is 25.5 Å². The first-order chi connectivity index (χ1) is 14.8. The fourth-order valence-corrected chi connectivity index (χ4v) is 2.88. The van der Waals surface area contributed by atoms with Crippen molar-refractivity contribution in [3.05, 3.63) is 48.0 Å². The van der Waals surface area contributed by atoms with Crippen LogP contribution in [0, 0.1) is 0 Å². The van der Waals surface area contributed by atoms with Crippen molar-refractivity contribution in [2.75, 3.05) is 17.2 Å². The number of aryl methyl sites for hydroxylation is 1. The molecule has 1 atom stereocenters. The third-order valence-electron chi connectivity index (χ3n) is 4.37. The zero-order valence-electron chi connectivity index (χ0n) is 16.5. The summed E-state index contributed by atoms with van der Waals surface area (Å²) in [7, 11) is 0. The number of para-hydroxylation sites is 2. The maximum atomic E-state index is 12.5. The number of alkyl halides is 2. The minimum atomic E-state index is -3.05. The van der Waals surface area contributed by atoms with Gasteiger partial charge in [-0.25, -0.2) is 4.79 Å². The molecule has 3 rings (SSSR count). The number of hydrogen-bond acceptors (Lipinski definition) is 6. The molecule has 1 aliphatic heterocycles. The van der Waals surface area contributed by atoms with Gasteiger partial charge in [-0.15, -0.1) is 0 Å². The number of anilines is 2. The Hall–Kier alpha value is -3.69. The second-order valence-corrected chi connectivity index (χ2v) is 6.65. The molecule has 0 radical (unpaired) electrons.